The molecule has 0 heterocycles. The van der Waals surface area contributed by atoms with Crippen molar-refractivity contribution in [1.29, 1.82) is 0 Å². The van der Waals surface area contributed by atoms with E-state index in [1.807, 2.05) is 13.5 Å². The summed E-state index contributed by atoms with van der Waals surface area (Å²) in [7, 11) is 0. The summed E-state index contributed by atoms with van der Waals surface area (Å²) in [5.41, 5.74) is 3.42. The fraction of sp³-hybridized carbons (Fsp3) is 0.600. The van der Waals surface area contributed by atoms with Crippen LogP contribution in [0.25, 0.3) is 0 Å². The Hall–Kier alpha value is 0.0931. The maximum Gasteiger partial charge on any atom is 0.0654 e. The van der Waals surface area contributed by atoms with Gasteiger partial charge < -0.3 is 0 Å². The van der Waals surface area contributed by atoms with Crippen LogP contribution in [0.15, 0.2) is 42.0 Å². The maximum absolute atomic E-state index is 4.69. The Morgan fingerprint density at radius 2 is 1.35 bits per heavy atom. The van der Waals surface area contributed by atoms with Crippen molar-refractivity contribution < 1.29 is 27.5 Å². The van der Waals surface area contributed by atoms with Crippen LogP contribution in [-0.2, 0) is 27.5 Å². The van der Waals surface area contributed by atoms with Crippen LogP contribution in [0.5, 0.6) is 0 Å². The predicted octanol–water partition coefficient (Wildman–Crippen LogP) is 7.05. The van der Waals surface area contributed by atoms with Gasteiger partial charge in [0.1, 0.15) is 0 Å². The summed E-state index contributed by atoms with van der Waals surface area (Å²) in [6, 6.07) is 0. The number of hydrogen-bond acceptors (Lipinski definition) is 1. The molecule has 2 aliphatic carbocycles. The third-order valence-corrected chi connectivity index (χ3v) is 8.35. The van der Waals surface area contributed by atoms with E-state index in [2.05, 4.69) is 54.3 Å². The Bertz CT molecular complexity index is 418. The van der Waals surface area contributed by atoms with Crippen LogP contribution >= 0.6 is 11.9 Å². The van der Waals surface area contributed by atoms with Gasteiger partial charge in [-0.05, 0) is 6.92 Å². The molecule has 0 bridgehead atoms. The van der Waals surface area contributed by atoms with Gasteiger partial charge in [0.15, 0.2) is 0 Å². The van der Waals surface area contributed by atoms with Crippen LogP contribution in [-0.4, -0.2) is 6.61 Å². The Balaban J connectivity index is 0.000000593. The minimum Gasteiger partial charge on any atom is -0.280 e. The minimum absolute atomic E-state index is 0.463. The van der Waals surface area contributed by atoms with Gasteiger partial charge in [-0.25, -0.2) is 0 Å². The molecule has 0 aromatic heterocycles. The molecule has 128 valence electrons. The van der Waals surface area contributed by atoms with Crippen LogP contribution in [0, 0.1) is 0 Å². The number of hydrogen-bond donors (Lipinski definition) is 0. The third-order valence-electron chi connectivity index (χ3n) is 4.07. The molecule has 0 aliphatic heterocycles. The molecule has 0 amide bonds. The van der Waals surface area contributed by atoms with Crippen LogP contribution in [0.1, 0.15) is 72.1 Å². The Morgan fingerprint density at radius 3 is 1.70 bits per heavy atom. The first-order valence-corrected chi connectivity index (χ1v) is 11.8. The molecule has 3 heteroatoms. The van der Waals surface area contributed by atoms with Crippen molar-refractivity contribution in [3.63, 3.8) is 0 Å². The fourth-order valence-corrected chi connectivity index (χ4v) is 6.54. The molecule has 0 aromatic carbocycles. The second kappa shape index (κ2) is 13.4. The first-order valence-electron chi connectivity index (χ1n) is 9.04. The van der Waals surface area contributed by atoms with E-state index in [1.54, 1.807) is 11.1 Å². The van der Waals surface area contributed by atoms with Gasteiger partial charge in [0.2, 0.25) is 0 Å². The second-order valence-electron chi connectivity index (χ2n) is 5.95. The van der Waals surface area contributed by atoms with E-state index in [0.717, 1.165) is 0 Å². The van der Waals surface area contributed by atoms with Crippen molar-refractivity contribution in [2.24, 2.45) is 0 Å². The van der Waals surface area contributed by atoms with Gasteiger partial charge in [0.05, 0.1) is 18.5 Å². The molecule has 0 fully saturated rings. The molecule has 0 spiro atoms. The monoisotopic (exact) mass is 412 g/mol. The van der Waals surface area contributed by atoms with Gasteiger partial charge in [-0.1, -0.05) is 0 Å². The molecule has 0 N–H and O–H groups in total. The zero-order chi connectivity index (χ0) is 16.9. The van der Waals surface area contributed by atoms with Gasteiger partial charge in [0, 0.05) is 0 Å². The second-order valence-corrected chi connectivity index (χ2v) is 9.75. The van der Waals surface area contributed by atoms with E-state index < -0.39 is 23.2 Å². The molecular weight excluding hydrogens is 383 g/mol. The largest absolute Gasteiger partial charge is 0.280 e. The van der Waals surface area contributed by atoms with Gasteiger partial charge in [-0.2, -0.15) is 0 Å². The van der Waals surface area contributed by atoms with Gasteiger partial charge in [-0.3, -0.25) is 4.29 Å². The third kappa shape index (κ3) is 8.14. The summed E-state index contributed by atoms with van der Waals surface area (Å²) >= 11 is 4.22. The first-order chi connectivity index (χ1) is 11.3. The van der Waals surface area contributed by atoms with Gasteiger partial charge >= 0.3 is 130 Å². The quantitative estimate of drug-likeness (QED) is 0.393. The average Bonchev–Trinajstić information content (AvgIpc) is 3.21. The molecule has 0 saturated heterocycles. The first kappa shape index (κ1) is 21.1. The number of rotatable bonds is 9. The molecule has 2 aliphatic rings. The molecule has 0 saturated carbocycles. The molecule has 1 nitrogen and oxygen atoms in total. The summed E-state index contributed by atoms with van der Waals surface area (Å²) in [6.45, 7) is 7.00. The Kier molecular flexibility index (Phi) is 12.3. The molecule has 2 rings (SSSR count). The van der Waals surface area contributed by atoms with E-state index >= 15 is 0 Å². The van der Waals surface area contributed by atoms with E-state index in [9.17, 15) is 0 Å². The Morgan fingerprint density at radius 1 is 0.913 bits per heavy atom. The van der Waals surface area contributed by atoms with Crippen molar-refractivity contribution in [3.8, 4) is 0 Å². The zero-order valence-corrected chi connectivity index (χ0v) is 18.2. The standard InChI is InChI=1S/2C9H13.C2H5ClO.Zr/c2*1-2-3-6-9-7-4-5-8-9;1-2-4-3;/h2*4,7H,2-3,5-6H2,1H3;2H2,1H3;. The van der Waals surface area contributed by atoms with Gasteiger partial charge in [-0.15, -0.1) is 0 Å². The van der Waals surface area contributed by atoms with E-state index in [4.69, 9.17) is 0 Å². The van der Waals surface area contributed by atoms with Crippen molar-refractivity contribution in [3.05, 3.63) is 42.0 Å². The molecule has 0 radical (unpaired) electrons. The number of halogens is 1. The SMILES string of the molecule is CCCCC1=[C]([Zr][C]2=C(CCCC)C=CC2)CC=C1.CCOCl. The van der Waals surface area contributed by atoms with Crippen molar-refractivity contribution >= 4 is 11.9 Å². The number of allylic oxidation sites excluding steroid dienone is 8. The summed E-state index contributed by atoms with van der Waals surface area (Å²) in [6.07, 6.45) is 20.2. The molecule has 23 heavy (non-hydrogen) atoms. The summed E-state index contributed by atoms with van der Waals surface area (Å²) in [5.74, 6) is 0. The van der Waals surface area contributed by atoms with Crippen LogP contribution in [0.2, 0.25) is 0 Å². The summed E-state index contributed by atoms with van der Waals surface area (Å²) in [5, 5.41) is 0. The zero-order valence-electron chi connectivity index (χ0n) is 15.0. The van der Waals surface area contributed by atoms with E-state index in [0.29, 0.717) is 6.61 Å². The Labute approximate surface area is 159 Å². The summed E-state index contributed by atoms with van der Waals surface area (Å²) in [4.78, 5) is 0. The number of unbranched alkanes of at least 4 members (excludes halogenated alkanes) is 2. The normalized spacial score (nSPS) is 16.2. The molecule has 0 atom stereocenters. The molecular formula is C20H31ClOZr. The van der Waals surface area contributed by atoms with E-state index in [-0.39, 0.29) is 0 Å². The maximum atomic E-state index is 4.69. The topological polar surface area (TPSA) is 9.23 Å². The van der Waals surface area contributed by atoms with E-state index in [1.165, 1.54) is 51.4 Å². The smallest absolute Gasteiger partial charge is 0.0654 e. The fourth-order valence-electron chi connectivity index (χ4n) is 2.75. The van der Waals surface area contributed by atoms with Crippen molar-refractivity contribution in [2.45, 2.75) is 72.1 Å². The van der Waals surface area contributed by atoms with Crippen molar-refractivity contribution in [2.75, 3.05) is 6.61 Å². The van der Waals surface area contributed by atoms with Gasteiger partial charge in [0.25, 0.3) is 0 Å². The summed E-state index contributed by atoms with van der Waals surface area (Å²) < 4.78 is 7.74. The molecule has 0 unspecified atom stereocenters. The average molecular weight is 414 g/mol. The predicted molar refractivity (Wildman–Crippen MR) is 98.1 cm³/mol. The molecule has 0 aromatic rings. The van der Waals surface area contributed by atoms with Crippen LogP contribution in [0.3, 0.4) is 0 Å². The van der Waals surface area contributed by atoms with Crippen LogP contribution < -0.4 is 0 Å². The minimum atomic E-state index is -0.463. The van der Waals surface area contributed by atoms with Crippen LogP contribution in [0.4, 0.5) is 0 Å². The van der Waals surface area contributed by atoms with Crippen molar-refractivity contribution in [1.82, 2.24) is 0 Å².